The highest BCUT2D eigenvalue weighted by Gasteiger charge is 2.13. The lowest BCUT2D eigenvalue weighted by Gasteiger charge is -2.20. The van der Waals surface area contributed by atoms with Crippen molar-refractivity contribution in [2.24, 2.45) is 5.73 Å². The van der Waals surface area contributed by atoms with E-state index in [-0.39, 0.29) is 5.91 Å². The van der Waals surface area contributed by atoms with Gasteiger partial charge in [-0.2, -0.15) is 0 Å². The molecule has 0 aliphatic heterocycles. The first-order valence-corrected chi connectivity index (χ1v) is 7.43. The second-order valence-corrected chi connectivity index (χ2v) is 5.23. The first-order valence-electron chi connectivity index (χ1n) is 5.80. The van der Waals surface area contributed by atoms with E-state index in [9.17, 15) is 4.79 Å². The molecule has 1 aromatic rings. The number of amides is 1. The van der Waals surface area contributed by atoms with E-state index in [1.165, 1.54) is 0 Å². The number of hydrogen-bond acceptors (Lipinski definition) is 3. The van der Waals surface area contributed by atoms with E-state index in [1.54, 1.807) is 16.7 Å². The van der Waals surface area contributed by atoms with Crippen molar-refractivity contribution in [1.29, 1.82) is 0 Å². The highest BCUT2D eigenvalue weighted by Crippen LogP contribution is 2.16. The summed E-state index contributed by atoms with van der Waals surface area (Å²) in [5.41, 5.74) is 6.17. The zero-order chi connectivity index (χ0) is 13.5. The monoisotopic (exact) mass is 282 g/mol. The van der Waals surface area contributed by atoms with Crippen LogP contribution in [0.25, 0.3) is 0 Å². The molecule has 0 saturated heterocycles. The number of carbonyl (C=O) groups excluding carboxylic acids is 1. The van der Waals surface area contributed by atoms with E-state index in [0.29, 0.717) is 30.1 Å². The predicted molar refractivity (Wildman–Crippen MR) is 81.2 cm³/mol. The summed E-state index contributed by atoms with van der Waals surface area (Å²) in [5.74, 6) is 0.0291. The Hall–Kier alpha value is -1.07. The average molecular weight is 282 g/mol. The van der Waals surface area contributed by atoms with Gasteiger partial charge in [-0.1, -0.05) is 12.2 Å². The van der Waals surface area contributed by atoms with Gasteiger partial charge in [0.25, 0.3) is 5.91 Å². The van der Waals surface area contributed by atoms with Gasteiger partial charge in [0.05, 0.1) is 4.99 Å². The first kappa shape index (κ1) is 15.0. The Morgan fingerprint density at radius 2 is 2.00 bits per heavy atom. The zero-order valence-electron chi connectivity index (χ0n) is 10.7. The minimum atomic E-state index is 0.0291. The van der Waals surface area contributed by atoms with Crippen LogP contribution in [0, 0.1) is 0 Å². The van der Waals surface area contributed by atoms with Crippen molar-refractivity contribution in [3.8, 4) is 0 Å². The van der Waals surface area contributed by atoms with Crippen molar-refractivity contribution in [2.75, 3.05) is 19.3 Å². The summed E-state index contributed by atoms with van der Waals surface area (Å²) in [6, 6.07) is 7.63. The maximum Gasteiger partial charge on any atom is 0.253 e. The molecule has 1 rings (SSSR count). The number of hydrogen-bond donors (Lipinski definition) is 1. The van der Waals surface area contributed by atoms with Gasteiger partial charge in [-0.25, -0.2) is 0 Å². The van der Waals surface area contributed by atoms with Gasteiger partial charge in [-0.15, -0.1) is 11.8 Å². The molecule has 18 heavy (non-hydrogen) atoms. The number of nitrogens with zero attached hydrogens (tertiary/aromatic N) is 1. The third-order valence-corrected chi connectivity index (χ3v) is 3.58. The summed E-state index contributed by atoms with van der Waals surface area (Å²) in [4.78, 5) is 15.6. The Morgan fingerprint density at radius 3 is 2.44 bits per heavy atom. The fourth-order valence-electron chi connectivity index (χ4n) is 1.56. The van der Waals surface area contributed by atoms with Crippen molar-refractivity contribution in [2.45, 2.75) is 18.2 Å². The maximum absolute atomic E-state index is 12.2. The van der Waals surface area contributed by atoms with Crippen LogP contribution in [-0.2, 0) is 0 Å². The van der Waals surface area contributed by atoms with Gasteiger partial charge < -0.3 is 10.6 Å². The van der Waals surface area contributed by atoms with Crippen LogP contribution >= 0.6 is 24.0 Å². The lowest BCUT2D eigenvalue weighted by Crippen LogP contribution is -2.33. The molecule has 0 aliphatic rings. The number of thioether (sulfide) groups is 1. The molecule has 0 radical (unpaired) electrons. The van der Waals surface area contributed by atoms with Crippen LogP contribution < -0.4 is 5.73 Å². The second kappa shape index (κ2) is 7.38. The fraction of sp³-hybridized carbons (Fsp3) is 0.385. The molecule has 1 aromatic carbocycles. The van der Waals surface area contributed by atoms with Crippen molar-refractivity contribution < 1.29 is 4.79 Å². The molecule has 0 aromatic heterocycles. The molecule has 0 atom stereocenters. The van der Waals surface area contributed by atoms with E-state index >= 15 is 0 Å². The van der Waals surface area contributed by atoms with Crippen LogP contribution in [0.5, 0.6) is 0 Å². The molecule has 2 N–H and O–H groups in total. The topological polar surface area (TPSA) is 46.3 Å². The van der Waals surface area contributed by atoms with E-state index < -0.39 is 0 Å². The van der Waals surface area contributed by atoms with E-state index in [4.69, 9.17) is 18.0 Å². The Balaban J connectivity index is 2.72. The van der Waals surface area contributed by atoms with E-state index in [0.717, 1.165) is 4.90 Å². The third kappa shape index (κ3) is 4.31. The number of rotatable bonds is 6. The predicted octanol–water partition coefficient (Wildman–Crippen LogP) is 2.55. The number of thiocarbonyl (C=S) groups is 1. The van der Waals surface area contributed by atoms with Gasteiger partial charge >= 0.3 is 0 Å². The molecule has 0 aliphatic carbocycles. The van der Waals surface area contributed by atoms with Crippen molar-refractivity contribution >= 4 is 34.9 Å². The maximum atomic E-state index is 12.2. The lowest BCUT2D eigenvalue weighted by atomic mass is 10.2. The molecule has 0 bridgehead atoms. The quantitative estimate of drug-likeness (QED) is 0.643. The van der Waals surface area contributed by atoms with Gasteiger partial charge in [0, 0.05) is 30.0 Å². The Morgan fingerprint density at radius 1 is 1.39 bits per heavy atom. The van der Waals surface area contributed by atoms with Crippen LogP contribution in [0.4, 0.5) is 0 Å². The molecule has 98 valence electrons. The summed E-state index contributed by atoms with van der Waals surface area (Å²) in [5, 5.41) is 0. The van der Waals surface area contributed by atoms with E-state index in [1.807, 2.05) is 37.4 Å². The molecule has 1 amide bonds. The highest BCUT2D eigenvalue weighted by molar-refractivity contribution is 7.98. The zero-order valence-corrected chi connectivity index (χ0v) is 12.3. The Labute approximate surface area is 118 Å². The molecular weight excluding hydrogens is 264 g/mol. The van der Waals surface area contributed by atoms with Gasteiger partial charge in [-0.05, 0) is 37.4 Å². The van der Waals surface area contributed by atoms with Gasteiger partial charge in [0.15, 0.2) is 0 Å². The smallest absolute Gasteiger partial charge is 0.253 e. The Kier molecular flexibility index (Phi) is 6.15. The SMILES string of the molecule is CCN(CCC(N)=S)C(=O)c1ccc(SC)cc1. The molecule has 0 fully saturated rings. The summed E-state index contributed by atoms with van der Waals surface area (Å²) >= 11 is 6.49. The molecule has 0 unspecified atom stereocenters. The minimum Gasteiger partial charge on any atom is -0.393 e. The largest absolute Gasteiger partial charge is 0.393 e. The van der Waals surface area contributed by atoms with Crippen LogP contribution in [0.2, 0.25) is 0 Å². The summed E-state index contributed by atoms with van der Waals surface area (Å²) < 4.78 is 0. The van der Waals surface area contributed by atoms with Crippen LogP contribution in [0.15, 0.2) is 29.2 Å². The average Bonchev–Trinajstić information content (AvgIpc) is 2.39. The molecular formula is C13H18N2OS2. The van der Waals surface area contributed by atoms with Crippen molar-refractivity contribution in [1.82, 2.24) is 4.90 Å². The third-order valence-electron chi connectivity index (χ3n) is 2.63. The van der Waals surface area contributed by atoms with Crippen LogP contribution in [-0.4, -0.2) is 35.1 Å². The van der Waals surface area contributed by atoms with Crippen molar-refractivity contribution in [3.63, 3.8) is 0 Å². The van der Waals surface area contributed by atoms with Crippen LogP contribution in [0.3, 0.4) is 0 Å². The molecule has 0 heterocycles. The standard InChI is InChI=1S/C13H18N2OS2/c1-3-15(9-8-12(14)17)13(16)10-4-6-11(18-2)7-5-10/h4-7H,3,8-9H2,1-2H3,(H2,14,17). The number of nitrogens with two attached hydrogens (primary N) is 1. The Bertz CT molecular complexity index is 418. The number of carbonyl (C=O) groups is 1. The fourth-order valence-corrected chi connectivity index (χ4v) is 2.06. The first-order chi connectivity index (χ1) is 8.58. The normalized spacial score (nSPS) is 10.1. The van der Waals surface area contributed by atoms with Gasteiger partial charge in [0.1, 0.15) is 0 Å². The summed E-state index contributed by atoms with van der Waals surface area (Å²) in [6.45, 7) is 3.19. The molecule has 0 saturated carbocycles. The van der Waals surface area contributed by atoms with Crippen LogP contribution in [0.1, 0.15) is 23.7 Å². The van der Waals surface area contributed by atoms with Gasteiger partial charge in [0.2, 0.25) is 0 Å². The summed E-state index contributed by atoms with van der Waals surface area (Å²) in [7, 11) is 0. The summed E-state index contributed by atoms with van der Waals surface area (Å²) in [6.07, 6.45) is 2.58. The second-order valence-electron chi connectivity index (χ2n) is 3.83. The number of benzene rings is 1. The molecule has 3 nitrogen and oxygen atoms in total. The minimum absolute atomic E-state index is 0.0291. The van der Waals surface area contributed by atoms with E-state index in [2.05, 4.69) is 0 Å². The molecule has 0 spiro atoms. The van der Waals surface area contributed by atoms with Gasteiger partial charge in [-0.3, -0.25) is 4.79 Å². The lowest BCUT2D eigenvalue weighted by molar-refractivity contribution is 0.0769. The highest BCUT2D eigenvalue weighted by atomic mass is 32.2. The molecule has 5 heteroatoms. The van der Waals surface area contributed by atoms with Crippen molar-refractivity contribution in [3.05, 3.63) is 29.8 Å².